The summed E-state index contributed by atoms with van der Waals surface area (Å²) >= 11 is 0. The van der Waals surface area contributed by atoms with Crippen LogP contribution in [0, 0.1) is 0 Å². The van der Waals surface area contributed by atoms with E-state index in [2.05, 4.69) is 10.3 Å². The number of pyridine rings is 1. The third-order valence-electron chi connectivity index (χ3n) is 3.30. The molecule has 1 N–H and O–H groups in total. The minimum atomic E-state index is -0.146. The van der Waals surface area contributed by atoms with E-state index in [1.807, 2.05) is 45.0 Å². The van der Waals surface area contributed by atoms with Crippen molar-refractivity contribution in [2.24, 2.45) is 0 Å². The average molecular weight is 299 g/mol. The van der Waals surface area contributed by atoms with Gasteiger partial charge in [0.25, 0.3) is 5.91 Å². The van der Waals surface area contributed by atoms with Crippen molar-refractivity contribution < 1.29 is 9.59 Å². The molecule has 0 radical (unpaired) electrons. The fraction of sp³-hybridized carbons (Fsp3) is 0.353. The van der Waals surface area contributed by atoms with Gasteiger partial charge in [-0.3, -0.25) is 14.6 Å². The highest BCUT2D eigenvalue weighted by Crippen LogP contribution is 2.15. The summed E-state index contributed by atoms with van der Waals surface area (Å²) in [4.78, 5) is 30.2. The largest absolute Gasteiger partial charge is 0.352 e. The first-order valence-corrected chi connectivity index (χ1v) is 7.44. The molecule has 0 saturated carbocycles. The molecular formula is C17H21N3O2. The van der Waals surface area contributed by atoms with Gasteiger partial charge in [-0.15, -0.1) is 0 Å². The van der Waals surface area contributed by atoms with Gasteiger partial charge in [-0.1, -0.05) is 6.07 Å². The van der Waals surface area contributed by atoms with Crippen molar-refractivity contribution in [3.63, 3.8) is 0 Å². The lowest BCUT2D eigenvalue weighted by Gasteiger charge is -2.21. The summed E-state index contributed by atoms with van der Waals surface area (Å²) < 4.78 is 0. The van der Waals surface area contributed by atoms with Crippen LogP contribution in [0.1, 0.15) is 31.1 Å². The van der Waals surface area contributed by atoms with Gasteiger partial charge < -0.3 is 10.2 Å². The zero-order valence-electron chi connectivity index (χ0n) is 13.2. The zero-order chi connectivity index (χ0) is 16.1. The van der Waals surface area contributed by atoms with Crippen LogP contribution in [0.15, 0.2) is 36.5 Å². The maximum absolute atomic E-state index is 12.6. The second-order valence-electron chi connectivity index (χ2n) is 5.45. The molecule has 0 bridgehead atoms. The molecule has 0 atom stereocenters. The first kappa shape index (κ1) is 15.9. The van der Waals surface area contributed by atoms with E-state index >= 15 is 0 Å². The van der Waals surface area contributed by atoms with Crippen molar-refractivity contribution >= 4 is 22.7 Å². The lowest BCUT2D eigenvalue weighted by Crippen LogP contribution is -2.42. The second kappa shape index (κ2) is 7.02. The number of likely N-dealkylation sites (N-methyl/N-ethyl adjacent to an activating group) is 1. The summed E-state index contributed by atoms with van der Waals surface area (Å²) in [5.74, 6) is -0.292. The molecule has 5 nitrogen and oxygen atoms in total. The molecule has 0 fully saturated rings. The van der Waals surface area contributed by atoms with Crippen LogP contribution < -0.4 is 5.32 Å². The Morgan fingerprint density at radius 2 is 2.05 bits per heavy atom. The Bertz CT molecular complexity index is 682. The number of carbonyl (C=O) groups is 2. The Morgan fingerprint density at radius 1 is 1.27 bits per heavy atom. The van der Waals surface area contributed by atoms with Gasteiger partial charge in [0.15, 0.2) is 0 Å². The Hall–Kier alpha value is -2.43. The molecule has 0 spiro atoms. The van der Waals surface area contributed by atoms with Gasteiger partial charge in [0.1, 0.15) is 0 Å². The third-order valence-corrected chi connectivity index (χ3v) is 3.30. The first-order chi connectivity index (χ1) is 10.5. The Balaban J connectivity index is 2.17. The molecule has 2 aromatic rings. The molecule has 2 amide bonds. The van der Waals surface area contributed by atoms with E-state index in [1.165, 1.54) is 4.90 Å². The highest BCUT2D eigenvalue weighted by atomic mass is 16.2. The predicted octanol–water partition coefficient (Wildman–Crippen LogP) is 2.22. The van der Waals surface area contributed by atoms with E-state index in [4.69, 9.17) is 0 Å². The Labute approximate surface area is 130 Å². The molecule has 1 heterocycles. The second-order valence-corrected chi connectivity index (χ2v) is 5.45. The highest BCUT2D eigenvalue weighted by molar-refractivity contribution is 5.99. The van der Waals surface area contributed by atoms with E-state index in [1.54, 1.807) is 12.3 Å². The van der Waals surface area contributed by atoms with Crippen LogP contribution >= 0.6 is 0 Å². The van der Waals surface area contributed by atoms with Crippen LogP contribution in [0.3, 0.4) is 0 Å². The van der Waals surface area contributed by atoms with Gasteiger partial charge >= 0.3 is 0 Å². The standard InChI is InChI=1S/C17H21N3O2/c1-4-20(11-16(21)19-12(2)3)17(22)14-7-8-15-13(10-14)6-5-9-18-15/h5-10,12H,4,11H2,1-3H3,(H,19,21). The van der Waals surface area contributed by atoms with E-state index in [0.29, 0.717) is 12.1 Å². The number of hydrogen-bond donors (Lipinski definition) is 1. The number of fused-ring (bicyclic) bond motifs is 1. The molecule has 1 aromatic heterocycles. The lowest BCUT2D eigenvalue weighted by atomic mass is 10.1. The molecular weight excluding hydrogens is 278 g/mol. The van der Waals surface area contributed by atoms with Crippen molar-refractivity contribution in [2.75, 3.05) is 13.1 Å². The summed E-state index contributed by atoms with van der Waals surface area (Å²) in [6.07, 6.45) is 1.72. The highest BCUT2D eigenvalue weighted by Gasteiger charge is 2.18. The van der Waals surface area contributed by atoms with Gasteiger partial charge in [-0.05, 0) is 45.0 Å². The number of nitrogens with one attached hydrogen (secondary N) is 1. The molecule has 0 unspecified atom stereocenters. The van der Waals surface area contributed by atoms with E-state index < -0.39 is 0 Å². The van der Waals surface area contributed by atoms with Gasteiger partial charge in [-0.2, -0.15) is 0 Å². The number of amides is 2. The van der Waals surface area contributed by atoms with Crippen LogP contribution in [0.25, 0.3) is 10.9 Å². The van der Waals surface area contributed by atoms with Gasteiger partial charge in [0.05, 0.1) is 12.1 Å². The molecule has 1 aromatic carbocycles. The Kier molecular flexibility index (Phi) is 5.09. The van der Waals surface area contributed by atoms with E-state index in [9.17, 15) is 9.59 Å². The van der Waals surface area contributed by atoms with Gasteiger partial charge in [0, 0.05) is 29.7 Å². The fourth-order valence-corrected chi connectivity index (χ4v) is 2.26. The van der Waals surface area contributed by atoms with Crippen molar-refractivity contribution in [2.45, 2.75) is 26.8 Å². The third kappa shape index (κ3) is 3.81. The van der Waals surface area contributed by atoms with Crippen LogP contribution in [0.2, 0.25) is 0 Å². The maximum atomic E-state index is 12.6. The minimum Gasteiger partial charge on any atom is -0.352 e. The summed E-state index contributed by atoms with van der Waals surface area (Å²) in [6.45, 7) is 6.20. The quantitative estimate of drug-likeness (QED) is 0.921. The average Bonchev–Trinajstić information content (AvgIpc) is 2.50. The van der Waals surface area contributed by atoms with E-state index in [0.717, 1.165) is 10.9 Å². The monoisotopic (exact) mass is 299 g/mol. The van der Waals surface area contributed by atoms with Crippen LogP contribution in [0.5, 0.6) is 0 Å². The smallest absolute Gasteiger partial charge is 0.254 e. The normalized spacial score (nSPS) is 10.7. The van der Waals surface area contributed by atoms with Gasteiger partial charge in [0.2, 0.25) is 5.91 Å². The van der Waals surface area contributed by atoms with Crippen molar-refractivity contribution in [1.82, 2.24) is 15.2 Å². The first-order valence-electron chi connectivity index (χ1n) is 7.44. The van der Waals surface area contributed by atoms with Crippen LogP contribution in [-0.2, 0) is 4.79 Å². The molecule has 116 valence electrons. The minimum absolute atomic E-state index is 0.0630. The number of nitrogens with zero attached hydrogens (tertiary/aromatic N) is 2. The van der Waals surface area contributed by atoms with E-state index in [-0.39, 0.29) is 24.4 Å². The van der Waals surface area contributed by atoms with Crippen molar-refractivity contribution in [1.29, 1.82) is 0 Å². The molecule has 5 heteroatoms. The summed E-state index contributed by atoms with van der Waals surface area (Å²) in [5.41, 5.74) is 1.42. The SMILES string of the molecule is CCN(CC(=O)NC(C)C)C(=O)c1ccc2ncccc2c1. The van der Waals surface area contributed by atoms with Crippen molar-refractivity contribution in [3.05, 3.63) is 42.1 Å². The number of benzene rings is 1. The molecule has 2 rings (SSSR count). The topological polar surface area (TPSA) is 62.3 Å². The molecule has 0 aliphatic carbocycles. The number of aromatic nitrogens is 1. The van der Waals surface area contributed by atoms with Crippen LogP contribution in [-0.4, -0.2) is 40.8 Å². The molecule has 0 aliphatic rings. The summed E-state index contributed by atoms with van der Waals surface area (Å²) in [6, 6.07) is 9.21. The van der Waals surface area contributed by atoms with Gasteiger partial charge in [-0.25, -0.2) is 0 Å². The molecule has 0 aliphatic heterocycles. The lowest BCUT2D eigenvalue weighted by molar-refractivity contribution is -0.122. The summed E-state index contributed by atoms with van der Waals surface area (Å²) in [7, 11) is 0. The number of carbonyl (C=O) groups excluding carboxylic acids is 2. The maximum Gasteiger partial charge on any atom is 0.254 e. The number of hydrogen-bond acceptors (Lipinski definition) is 3. The number of rotatable bonds is 5. The van der Waals surface area contributed by atoms with Crippen LogP contribution in [0.4, 0.5) is 0 Å². The zero-order valence-corrected chi connectivity index (χ0v) is 13.2. The predicted molar refractivity (Wildman–Crippen MR) is 86.6 cm³/mol. The Morgan fingerprint density at radius 3 is 2.73 bits per heavy atom. The molecule has 22 heavy (non-hydrogen) atoms. The van der Waals surface area contributed by atoms with Crippen molar-refractivity contribution in [3.8, 4) is 0 Å². The summed E-state index contributed by atoms with van der Waals surface area (Å²) in [5, 5.41) is 3.71. The molecule has 0 saturated heterocycles. The fourth-order valence-electron chi connectivity index (χ4n) is 2.26.